The third kappa shape index (κ3) is 9.19. The Morgan fingerprint density at radius 2 is 1.67 bits per heavy atom. The number of carbonyl (C=O) groups is 2. The fourth-order valence-corrected chi connectivity index (χ4v) is 4.93. The molecule has 224 valence electrons. The second-order valence-electron chi connectivity index (χ2n) is 10.4. The number of carbonyl (C=O) groups excluding carboxylic acids is 2. The van der Waals surface area contributed by atoms with Crippen molar-refractivity contribution in [3.8, 4) is 0 Å². The third-order valence-electron chi connectivity index (χ3n) is 7.20. The topological polar surface area (TPSA) is 107 Å². The maximum atomic E-state index is 14.1. The summed E-state index contributed by atoms with van der Waals surface area (Å²) in [4.78, 5) is 28.3. The second kappa shape index (κ2) is 15.7. The summed E-state index contributed by atoms with van der Waals surface area (Å²) in [5, 5.41) is 15.1. The molecule has 3 aromatic rings. The number of ether oxygens (including phenoxy) is 1. The van der Waals surface area contributed by atoms with Gasteiger partial charge in [-0.25, -0.2) is 9.18 Å². The zero-order valence-corrected chi connectivity index (χ0v) is 24.3. The molecule has 0 bridgehead atoms. The normalized spacial score (nSPS) is 14.1. The molecular formula is C32H41FN6O3. The summed E-state index contributed by atoms with van der Waals surface area (Å²) in [6.45, 7) is 6.53. The van der Waals surface area contributed by atoms with Gasteiger partial charge in [-0.2, -0.15) is 0 Å². The molecule has 1 heterocycles. The van der Waals surface area contributed by atoms with Crippen molar-refractivity contribution in [3.63, 3.8) is 0 Å². The van der Waals surface area contributed by atoms with Gasteiger partial charge >= 0.3 is 6.03 Å². The molecule has 1 unspecified atom stereocenters. The highest BCUT2D eigenvalue weighted by molar-refractivity contribution is 6.03. The molecule has 5 N–H and O–H groups in total. The SMILES string of the molecule is COCCNC(=O)c1cc(NC(=O)Nc2cccc(C(C)Nc3ccccc3F)c2)ccc1NCCN1CCCCC1. The molecule has 1 saturated heterocycles. The Balaban J connectivity index is 1.39. The van der Waals surface area contributed by atoms with Gasteiger partial charge in [0.1, 0.15) is 5.82 Å². The number of hydrogen-bond acceptors (Lipinski definition) is 6. The number of halogens is 1. The average molecular weight is 577 g/mol. The van der Waals surface area contributed by atoms with Gasteiger partial charge in [0.15, 0.2) is 0 Å². The van der Waals surface area contributed by atoms with E-state index >= 15 is 0 Å². The largest absolute Gasteiger partial charge is 0.383 e. The highest BCUT2D eigenvalue weighted by atomic mass is 19.1. The Hall–Kier alpha value is -4.15. The van der Waals surface area contributed by atoms with Crippen molar-refractivity contribution in [3.05, 3.63) is 83.7 Å². The molecule has 0 saturated carbocycles. The molecule has 1 fully saturated rings. The highest BCUT2D eigenvalue weighted by Gasteiger charge is 2.15. The van der Waals surface area contributed by atoms with Crippen LogP contribution in [0.4, 0.5) is 31.9 Å². The number of benzene rings is 3. The van der Waals surface area contributed by atoms with Crippen LogP contribution in [0, 0.1) is 5.82 Å². The zero-order valence-electron chi connectivity index (χ0n) is 24.3. The number of nitrogens with one attached hydrogen (secondary N) is 5. The molecular weight excluding hydrogens is 535 g/mol. The molecule has 0 radical (unpaired) electrons. The fourth-order valence-electron chi connectivity index (χ4n) is 4.93. The minimum absolute atomic E-state index is 0.194. The lowest BCUT2D eigenvalue weighted by molar-refractivity contribution is 0.0938. The summed E-state index contributed by atoms with van der Waals surface area (Å²) < 4.78 is 19.1. The molecule has 0 spiro atoms. The van der Waals surface area contributed by atoms with E-state index in [0.29, 0.717) is 48.0 Å². The monoisotopic (exact) mass is 576 g/mol. The lowest BCUT2D eigenvalue weighted by Crippen LogP contribution is -2.34. The quantitative estimate of drug-likeness (QED) is 0.162. The summed E-state index contributed by atoms with van der Waals surface area (Å²) in [5.41, 5.74) is 3.51. The van der Waals surface area contributed by atoms with Crippen molar-refractivity contribution in [1.29, 1.82) is 0 Å². The van der Waals surface area contributed by atoms with E-state index in [2.05, 4.69) is 31.5 Å². The molecule has 9 nitrogen and oxygen atoms in total. The number of piperidine rings is 1. The summed E-state index contributed by atoms with van der Waals surface area (Å²) >= 11 is 0. The first kappa shape index (κ1) is 30.8. The maximum Gasteiger partial charge on any atom is 0.323 e. The van der Waals surface area contributed by atoms with Crippen LogP contribution < -0.4 is 26.6 Å². The van der Waals surface area contributed by atoms with Crippen LogP contribution in [0.15, 0.2) is 66.7 Å². The van der Waals surface area contributed by atoms with Gasteiger partial charge in [-0.05, 0) is 80.9 Å². The minimum Gasteiger partial charge on any atom is -0.383 e. The highest BCUT2D eigenvalue weighted by Crippen LogP contribution is 2.25. The minimum atomic E-state index is -0.446. The Kier molecular flexibility index (Phi) is 11.5. The smallest absolute Gasteiger partial charge is 0.323 e. The van der Waals surface area contributed by atoms with Gasteiger partial charge in [-0.1, -0.05) is 30.7 Å². The Morgan fingerprint density at radius 1 is 0.905 bits per heavy atom. The lowest BCUT2D eigenvalue weighted by Gasteiger charge is -2.26. The predicted octanol–water partition coefficient (Wildman–Crippen LogP) is 5.92. The van der Waals surface area contributed by atoms with Gasteiger partial charge in [0.25, 0.3) is 5.91 Å². The van der Waals surface area contributed by atoms with Crippen molar-refractivity contribution in [1.82, 2.24) is 10.2 Å². The van der Waals surface area contributed by atoms with E-state index in [0.717, 1.165) is 25.2 Å². The standard InChI is InChI=1S/C32H41FN6O3/c1-23(36-30-12-5-4-11-28(30)33)24-9-8-10-25(21-24)37-32(41)38-26-13-14-29(27(22-26)31(40)35-16-20-42-2)34-15-19-39-17-6-3-7-18-39/h4-5,8-14,21-23,34,36H,3,6-7,15-20H2,1-2H3,(H,35,40)(H2,37,38,41). The number of urea groups is 1. The number of likely N-dealkylation sites (tertiary alicyclic amines) is 1. The summed E-state index contributed by atoms with van der Waals surface area (Å²) in [5.74, 6) is -0.575. The third-order valence-corrected chi connectivity index (χ3v) is 7.20. The molecule has 1 aliphatic rings. The number of amides is 3. The van der Waals surface area contributed by atoms with Gasteiger partial charge in [0.05, 0.1) is 17.9 Å². The van der Waals surface area contributed by atoms with E-state index < -0.39 is 6.03 Å². The van der Waals surface area contributed by atoms with Crippen LogP contribution in [-0.2, 0) is 4.74 Å². The molecule has 0 aromatic heterocycles. The molecule has 1 aliphatic heterocycles. The molecule has 42 heavy (non-hydrogen) atoms. The van der Waals surface area contributed by atoms with Gasteiger partial charge in [-0.3, -0.25) is 4.79 Å². The fraction of sp³-hybridized carbons (Fsp3) is 0.375. The van der Waals surface area contributed by atoms with Crippen LogP contribution in [0.25, 0.3) is 0 Å². The van der Waals surface area contributed by atoms with Crippen molar-refractivity contribution in [2.45, 2.75) is 32.2 Å². The Morgan fingerprint density at radius 3 is 2.43 bits per heavy atom. The first-order chi connectivity index (χ1) is 20.4. The summed E-state index contributed by atoms with van der Waals surface area (Å²) in [6, 6.07) is 18.5. The first-order valence-electron chi connectivity index (χ1n) is 14.5. The molecule has 10 heteroatoms. The van der Waals surface area contributed by atoms with Crippen LogP contribution in [0.1, 0.15) is 48.1 Å². The Bertz CT molecular complexity index is 1330. The molecule has 0 aliphatic carbocycles. The average Bonchev–Trinajstić information content (AvgIpc) is 2.99. The number of rotatable bonds is 13. The van der Waals surface area contributed by atoms with E-state index in [1.807, 2.05) is 31.2 Å². The van der Waals surface area contributed by atoms with Crippen molar-refractivity contribution < 1.29 is 18.7 Å². The van der Waals surface area contributed by atoms with Gasteiger partial charge in [0, 0.05) is 49.8 Å². The number of anilines is 4. The summed E-state index contributed by atoms with van der Waals surface area (Å²) in [6.07, 6.45) is 3.74. The van der Waals surface area contributed by atoms with E-state index in [-0.39, 0.29) is 17.8 Å². The number of para-hydroxylation sites is 1. The van der Waals surface area contributed by atoms with Crippen LogP contribution >= 0.6 is 0 Å². The van der Waals surface area contributed by atoms with Crippen LogP contribution in [0.3, 0.4) is 0 Å². The van der Waals surface area contributed by atoms with Crippen molar-refractivity contribution in [2.24, 2.45) is 0 Å². The number of methoxy groups -OCH3 is 1. The van der Waals surface area contributed by atoms with Gasteiger partial charge in [0.2, 0.25) is 0 Å². The molecule has 3 aromatic carbocycles. The summed E-state index contributed by atoms with van der Waals surface area (Å²) in [7, 11) is 1.58. The van der Waals surface area contributed by atoms with E-state index in [1.54, 1.807) is 43.5 Å². The maximum absolute atomic E-state index is 14.1. The Labute approximate surface area is 247 Å². The van der Waals surface area contributed by atoms with Crippen molar-refractivity contribution in [2.75, 3.05) is 67.7 Å². The van der Waals surface area contributed by atoms with Crippen LogP contribution in [0.2, 0.25) is 0 Å². The van der Waals surface area contributed by atoms with Crippen LogP contribution in [0.5, 0.6) is 0 Å². The van der Waals surface area contributed by atoms with E-state index in [4.69, 9.17) is 4.74 Å². The van der Waals surface area contributed by atoms with Gasteiger partial charge < -0.3 is 36.2 Å². The number of nitrogens with zero attached hydrogens (tertiary/aromatic N) is 1. The van der Waals surface area contributed by atoms with Crippen LogP contribution in [-0.4, -0.2) is 63.3 Å². The van der Waals surface area contributed by atoms with E-state index in [1.165, 1.54) is 25.3 Å². The predicted molar refractivity (Wildman–Crippen MR) is 167 cm³/mol. The van der Waals surface area contributed by atoms with E-state index in [9.17, 15) is 14.0 Å². The lowest BCUT2D eigenvalue weighted by atomic mass is 10.1. The molecule has 4 rings (SSSR count). The number of hydrogen-bond donors (Lipinski definition) is 5. The van der Waals surface area contributed by atoms with Gasteiger partial charge in [-0.15, -0.1) is 0 Å². The first-order valence-corrected chi connectivity index (χ1v) is 14.5. The zero-order chi connectivity index (χ0) is 29.7. The van der Waals surface area contributed by atoms with Crippen molar-refractivity contribution >= 4 is 34.7 Å². The second-order valence-corrected chi connectivity index (χ2v) is 10.4. The molecule has 3 amide bonds. The molecule has 1 atom stereocenters.